The zero-order chi connectivity index (χ0) is 17.8. The summed E-state index contributed by atoms with van der Waals surface area (Å²) >= 11 is 5.11. The fraction of sp³-hybridized carbons (Fsp3) is 0.0556. The molecule has 0 saturated heterocycles. The van der Waals surface area contributed by atoms with Crippen molar-refractivity contribution in [1.29, 1.82) is 0 Å². The van der Waals surface area contributed by atoms with Crippen molar-refractivity contribution in [2.24, 2.45) is 0 Å². The number of thiocarbonyl (C=S) groups is 1. The number of aromatic amines is 1. The minimum atomic E-state index is -0.568. The van der Waals surface area contributed by atoms with Crippen molar-refractivity contribution in [3.63, 3.8) is 0 Å². The third-order valence-electron chi connectivity index (χ3n) is 3.60. The molecule has 126 valence electrons. The normalized spacial score (nSPS) is 10.3. The average molecular weight is 352 g/mol. The van der Waals surface area contributed by atoms with Crippen molar-refractivity contribution in [3.05, 3.63) is 76.1 Å². The Kier molecular flexibility index (Phi) is 4.76. The van der Waals surface area contributed by atoms with E-state index in [1.165, 1.54) is 6.20 Å². The Morgan fingerprint density at radius 1 is 1.08 bits per heavy atom. The number of carbonyl (C=O) groups excluding carboxylic acids is 1. The van der Waals surface area contributed by atoms with Crippen LogP contribution in [0, 0.1) is 6.92 Å². The van der Waals surface area contributed by atoms with E-state index in [-0.39, 0.29) is 16.1 Å². The van der Waals surface area contributed by atoms with Crippen molar-refractivity contribution in [3.8, 4) is 0 Å². The van der Waals surface area contributed by atoms with E-state index in [1.54, 1.807) is 6.07 Å². The first-order chi connectivity index (χ1) is 12.0. The van der Waals surface area contributed by atoms with Gasteiger partial charge in [-0.15, -0.1) is 0 Å². The van der Waals surface area contributed by atoms with Crippen molar-refractivity contribution in [1.82, 2.24) is 15.8 Å². The summed E-state index contributed by atoms with van der Waals surface area (Å²) in [4.78, 5) is 27.7. The van der Waals surface area contributed by atoms with Crippen LogP contribution < -0.4 is 21.6 Å². The summed E-state index contributed by atoms with van der Waals surface area (Å²) in [5, 5.41) is 3.61. The van der Waals surface area contributed by atoms with E-state index in [1.807, 2.05) is 49.4 Å². The first-order valence-corrected chi connectivity index (χ1v) is 8.00. The first kappa shape index (κ1) is 16.7. The highest BCUT2D eigenvalue weighted by atomic mass is 32.1. The molecule has 0 saturated carbocycles. The number of rotatable bonds is 2. The second-order valence-corrected chi connectivity index (χ2v) is 5.89. The van der Waals surface area contributed by atoms with E-state index in [0.29, 0.717) is 10.9 Å². The molecular formula is C18H16N4O2S. The minimum Gasteiger partial charge on any atom is -0.360 e. The molecule has 25 heavy (non-hydrogen) atoms. The van der Waals surface area contributed by atoms with Crippen LogP contribution in [0.4, 0.5) is 5.69 Å². The largest absolute Gasteiger partial charge is 0.360 e. The quantitative estimate of drug-likeness (QED) is 0.420. The zero-order valence-corrected chi connectivity index (χ0v) is 14.2. The van der Waals surface area contributed by atoms with Crippen LogP contribution in [-0.2, 0) is 0 Å². The number of hydrogen-bond donors (Lipinski definition) is 4. The van der Waals surface area contributed by atoms with Crippen molar-refractivity contribution < 1.29 is 4.79 Å². The van der Waals surface area contributed by atoms with Crippen molar-refractivity contribution in [2.75, 3.05) is 5.32 Å². The molecule has 0 unspecified atom stereocenters. The van der Waals surface area contributed by atoms with Gasteiger partial charge in [0.15, 0.2) is 5.11 Å². The maximum Gasteiger partial charge on any atom is 0.275 e. The lowest BCUT2D eigenvalue weighted by molar-refractivity contribution is 0.0943. The number of benzene rings is 2. The number of hydrazine groups is 1. The minimum absolute atomic E-state index is 0.00751. The number of pyridine rings is 1. The molecule has 0 bridgehead atoms. The van der Waals surface area contributed by atoms with Gasteiger partial charge >= 0.3 is 0 Å². The van der Waals surface area contributed by atoms with Gasteiger partial charge in [0, 0.05) is 22.8 Å². The SMILES string of the molecule is Cc1ccc2[nH]cc(C(=O)NNC(=S)Nc3ccccc3)c(=O)c2c1. The Balaban J connectivity index is 1.71. The molecule has 0 spiro atoms. The van der Waals surface area contributed by atoms with Gasteiger partial charge in [-0.1, -0.05) is 29.8 Å². The van der Waals surface area contributed by atoms with E-state index in [4.69, 9.17) is 12.2 Å². The number of fused-ring (bicyclic) bond motifs is 1. The molecule has 7 heteroatoms. The third-order valence-corrected chi connectivity index (χ3v) is 3.81. The van der Waals surface area contributed by atoms with Gasteiger partial charge in [-0.25, -0.2) is 0 Å². The predicted octanol–water partition coefficient (Wildman–Crippen LogP) is 2.47. The van der Waals surface area contributed by atoms with Crippen LogP contribution in [0.15, 0.2) is 59.5 Å². The van der Waals surface area contributed by atoms with Crippen LogP contribution in [0.3, 0.4) is 0 Å². The van der Waals surface area contributed by atoms with Crippen LogP contribution in [-0.4, -0.2) is 16.0 Å². The summed E-state index contributed by atoms with van der Waals surface area (Å²) < 4.78 is 0. The first-order valence-electron chi connectivity index (χ1n) is 7.59. The monoisotopic (exact) mass is 352 g/mol. The number of aryl methyl sites for hydroxylation is 1. The Labute approximate surface area is 149 Å². The Hall–Kier alpha value is -3.19. The van der Waals surface area contributed by atoms with E-state index < -0.39 is 5.91 Å². The molecule has 0 aliphatic carbocycles. The topological polar surface area (TPSA) is 86.0 Å². The van der Waals surface area contributed by atoms with Crippen LogP contribution in [0.2, 0.25) is 0 Å². The lowest BCUT2D eigenvalue weighted by Gasteiger charge is -2.11. The van der Waals surface area contributed by atoms with E-state index in [2.05, 4.69) is 21.2 Å². The summed E-state index contributed by atoms with van der Waals surface area (Å²) in [6, 6.07) is 14.7. The molecule has 4 N–H and O–H groups in total. The fourth-order valence-electron chi connectivity index (χ4n) is 2.37. The molecule has 2 aromatic carbocycles. The number of carbonyl (C=O) groups is 1. The molecular weight excluding hydrogens is 336 g/mol. The second-order valence-electron chi connectivity index (χ2n) is 5.48. The van der Waals surface area contributed by atoms with Gasteiger partial charge < -0.3 is 10.3 Å². The highest BCUT2D eigenvalue weighted by Crippen LogP contribution is 2.10. The molecule has 0 radical (unpaired) electrons. The van der Waals surface area contributed by atoms with Crippen molar-refractivity contribution in [2.45, 2.75) is 6.92 Å². The van der Waals surface area contributed by atoms with Crippen LogP contribution in [0.25, 0.3) is 10.9 Å². The van der Waals surface area contributed by atoms with Gasteiger partial charge in [-0.3, -0.25) is 20.4 Å². The standard InChI is InChI=1S/C18H16N4O2S/c1-11-7-8-15-13(9-11)16(23)14(10-19-15)17(24)21-22-18(25)20-12-5-3-2-4-6-12/h2-10H,1H3,(H,19,23)(H,21,24)(H2,20,22,25). The molecule has 1 amide bonds. The smallest absolute Gasteiger partial charge is 0.275 e. The lowest BCUT2D eigenvalue weighted by Crippen LogP contribution is -2.45. The van der Waals surface area contributed by atoms with Crippen LogP contribution in [0.1, 0.15) is 15.9 Å². The molecule has 0 aliphatic rings. The van der Waals surface area contributed by atoms with Crippen LogP contribution in [0.5, 0.6) is 0 Å². The number of anilines is 1. The molecule has 0 atom stereocenters. The Morgan fingerprint density at radius 3 is 2.60 bits per heavy atom. The number of para-hydroxylation sites is 1. The molecule has 3 aromatic rings. The molecule has 6 nitrogen and oxygen atoms in total. The average Bonchev–Trinajstić information content (AvgIpc) is 2.61. The number of aromatic nitrogens is 1. The fourth-order valence-corrected chi connectivity index (χ4v) is 2.53. The number of hydrogen-bond acceptors (Lipinski definition) is 3. The summed E-state index contributed by atoms with van der Waals surface area (Å²) in [6.07, 6.45) is 1.39. The lowest BCUT2D eigenvalue weighted by atomic mass is 10.1. The summed E-state index contributed by atoms with van der Waals surface area (Å²) in [5.41, 5.74) is 7.10. The maximum atomic E-state index is 12.5. The Bertz CT molecular complexity index is 999. The van der Waals surface area contributed by atoms with Gasteiger partial charge in [-0.05, 0) is 43.4 Å². The zero-order valence-electron chi connectivity index (χ0n) is 13.4. The van der Waals surface area contributed by atoms with Gasteiger partial charge in [0.2, 0.25) is 5.43 Å². The van der Waals surface area contributed by atoms with E-state index in [9.17, 15) is 9.59 Å². The van der Waals surface area contributed by atoms with Gasteiger partial charge in [0.05, 0.1) is 0 Å². The molecule has 0 fully saturated rings. The molecule has 1 heterocycles. The molecule has 1 aromatic heterocycles. The number of amides is 1. The Morgan fingerprint density at radius 2 is 1.84 bits per heavy atom. The highest BCUT2D eigenvalue weighted by molar-refractivity contribution is 7.80. The predicted molar refractivity (Wildman–Crippen MR) is 103 cm³/mol. The maximum absolute atomic E-state index is 12.5. The van der Waals surface area contributed by atoms with Crippen LogP contribution >= 0.6 is 12.2 Å². The summed E-state index contributed by atoms with van der Waals surface area (Å²) in [5.74, 6) is -0.568. The summed E-state index contributed by atoms with van der Waals surface area (Å²) in [6.45, 7) is 1.89. The molecule has 0 aliphatic heterocycles. The van der Waals surface area contributed by atoms with Crippen molar-refractivity contribution >= 4 is 39.8 Å². The van der Waals surface area contributed by atoms with Gasteiger partial charge in [-0.2, -0.15) is 0 Å². The summed E-state index contributed by atoms with van der Waals surface area (Å²) in [7, 11) is 0. The second kappa shape index (κ2) is 7.14. The van der Waals surface area contributed by atoms with E-state index >= 15 is 0 Å². The highest BCUT2D eigenvalue weighted by Gasteiger charge is 2.13. The van der Waals surface area contributed by atoms with Gasteiger partial charge in [0.25, 0.3) is 5.91 Å². The van der Waals surface area contributed by atoms with Gasteiger partial charge in [0.1, 0.15) is 5.56 Å². The number of nitrogens with one attached hydrogen (secondary N) is 4. The third kappa shape index (κ3) is 3.84. The molecule has 3 rings (SSSR count). The van der Waals surface area contributed by atoms with E-state index in [0.717, 1.165) is 11.3 Å². The number of H-pyrrole nitrogens is 1.